The fraction of sp³-hybridized carbons (Fsp3) is 0.190. The molecule has 1 atom stereocenters. The summed E-state index contributed by atoms with van der Waals surface area (Å²) in [6.07, 6.45) is 0.840. The highest BCUT2D eigenvalue weighted by Gasteiger charge is 2.34. The SMILES string of the molecule is Cc1ccc(N2C(=O)/C(=C\c3ccc(OC(C)C(=O)O)cc3)SC2=S)c(C)c1. The number of thiocarbonyl (C=S) groups is 1. The number of ether oxygens (including phenoxy) is 1. The van der Waals surface area contributed by atoms with Gasteiger partial charge in [-0.15, -0.1) is 0 Å². The first-order valence-electron chi connectivity index (χ1n) is 8.61. The zero-order chi connectivity index (χ0) is 20.4. The lowest BCUT2D eigenvalue weighted by Crippen LogP contribution is -2.28. The second-order valence-corrected chi connectivity index (χ2v) is 8.15. The molecule has 5 nitrogen and oxygen atoms in total. The van der Waals surface area contributed by atoms with E-state index >= 15 is 0 Å². The quantitative estimate of drug-likeness (QED) is 0.573. The molecule has 0 radical (unpaired) electrons. The van der Waals surface area contributed by atoms with E-state index in [4.69, 9.17) is 22.1 Å². The van der Waals surface area contributed by atoms with E-state index in [1.165, 1.54) is 18.7 Å². The summed E-state index contributed by atoms with van der Waals surface area (Å²) >= 11 is 6.69. The van der Waals surface area contributed by atoms with E-state index in [2.05, 4.69) is 0 Å². The number of nitrogens with zero attached hydrogens (tertiary/aromatic N) is 1. The average molecular weight is 414 g/mol. The maximum Gasteiger partial charge on any atom is 0.344 e. The Labute approximate surface area is 173 Å². The summed E-state index contributed by atoms with van der Waals surface area (Å²) < 4.78 is 5.81. The lowest BCUT2D eigenvalue weighted by Gasteiger charge is -2.17. The maximum absolute atomic E-state index is 12.9. The molecule has 1 heterocycles. The first-order chi connectivity index (χ1) is 13.3. The van der Waals surface area contributed by atoms with Gasteiger partial charge in [0.15, 0.2) is 10.4 Å². The van der Waals surface area contributed by atoms with Crippen molar-refractivity contribution >= 4 is 51.9 Å². The molecule has 2 aromatic rings. The summed E-state index contributed by atoms with van der Waals surface area (Å²) in [7, 11) is 0. The van der Waals surface area contributed by atoms with Crippen LogP contribution in [0.5, 0.6) is 5.75 Å². The Morgan fingerprint density at radius 3 is 2.50 bits per heavy atom. The number of rotatable bonds is 5. The molecule has 0 spiro atoms. The van der Waals surface area contributed by atoms with Crippen molar-refractivity contribution < 1.29 is 19.4 Å². The number of carbonyl (C=O) groups excluding carboxylic acids is 1. The number of aliphatic carboxylic acids is 1. The molecular formula is C21H19NO4S2. The van der Waals surface area contributed by atoms with Crippen LogP contribution in [0, 0.1) is 13.8 Å². The van der Waals surface area contributed by atoms with Gasteiger partial charge in [-0.2, -0.15) is 0 Å². The van der Waals surface area contributed by atoms with Gasteiger partial charge in [0.2, 0.25) is 0 Å². The smallest absolute Gasteiger partial charge is 0.344 e. The van der Waals surface area contributed by atoms with E-state index in [9.17, 15) is 9.59 Å². The van der Waals surface area contributed by atoms with Gasteiger partial charge in [0.05, 0.1) is 10.6 Å². The van der Waals surface area contributed by atoms with Crippen LogP contribution in [-0.4, -0.2) is 27.4 Å². The second-order valence-electron chi connectivity index (χ2n) is 6.47. The topological polar surface area (TPSA) is 66.8 Å². The molecule has 0 saturated carbocycles. The van der Waals surface area contributed by atoms with E-state index < -0.39 is 12.1 Å². The fourth-order valence-corrected chi connectivity index (χ4v) is 4.07. The van der Waals surface area contributed by atoms with Crippen molar-refractivity contribution in [2.45, 2.75) is 26.9 Å². The molecule has 7 heteroatoms. The van der Waals surface area contributed by atoms with Crippen LogP contribution >= 0.6 is 24.0 Å². The van der Waals surface area contributed by atoms with E-state index in [-0.39, 0.29) is 5.91 Å². The summed E-state index contributed by atoms with van der Waals surface area (Å²) in [6.45, 7) is 5.43. The van der Waals surface area contributed by atoms with Gasteiger partial charge in [0, 0.05) is 0 Å². The summed E-state index contributed by atoms with van der Waals surface area (Å²) in [4.78, 5) is 25.9. The first kappa shape index (κ1) is 20.1. The van der Waals surface area contributed by atoms with Crippen molar-refractivity contribution in [1.29, 1.82) is 0 Å². The number of carbonyl (C=O) groups is 2. The monoisotopic (exact) mass is 413 g/mol. The van der Waals surface area contributed by atoms with E-state index in [0.29, 0.717) is 15.0 Å². The Morgan fingerprint density at radius 2 is 1.89 bits per heavy atom. The van der Waals surface area contributed by atoms with Crippen LogP contribution in [0.2, 0.25) is 0 Å². The van der Waals surface area contributed by atoms with Crippen molar-refractivity contribution in [3.63, 3.8) is 0 Å². The minimum absolute atomic E-state index is 0.151. The third-order valence-corrected chi connectivity index (χ3v) is 5.53. The number of hydrogen-bond donors (Lipinski definition) is 1. The van der Waals surface area contributed by atoms with Crippen LogP contribution in [0.25, 0.3) is 6.08 Å². The maximum atomic E-state index is 12.9. The van der Waals surface area contributed by atoms with E-state index in [1.807, 2.05) is 32.0 Å². The number of carboxylic acids is 1. The molecule has 0 bridgehead atoms. The van der Waals surface area contributed by atoms with Gasteiger partial charge in [0.25, 0.3) is 5.91 Å². The predicted molar refractivity (Wildman–Crippen MR) is 116 cm³/mol. The molecule has 3 rings (SSSR count). The zero-order valence-corrected chi connectivity index (χ0v) is 17.3. The Balaban J connectivity index is 1.81. The molecular weight excluding hydrogens is 394 g/mol. The van der Waals surface area contributed by atoms with Gasteiger partial charge in [-0.25, -0.2) is 4.79 Å². The van der Waals surface area contributed by atoms with Gasteiger partial charge in [-0.1, -0.05) is 53.8 Å². The largest absolute Gasteiger partial charge is 0.479 e. The summed E-state index contributed by atoms with van der Waals surface area (Å²) in [5.41, 5.74) is 3.72. The number of hydrogen-bond acceptors (Lipinski definition) is 5. The van der Waals surface area contributed by atoms with Crippen LogP contribution in [-0.2, 0) is 9.59 Å². The highest BCUT2D eigenvalue weighted by molar-refractivity contribution is 8.27. The molecule has 1 saturated heterocycles. The van der Waals surface area contributed by atoms with E-state index in [1.54, 1.807) is 35.2 Å². The Morgan fingerprint density at radius 1 is 1.21 bits per heavy atom. The molecule has 0 aromatic heterocycles. The third kappa shape index (κ3) is 4.26. The van der Waals surface area contributed by atoms with Crippen molar-refractivity contribution in [3.05, 3.63) is 64.1 Å². The van der Waals surface area contributed by atoms with Crippen molar-refractivity contribution in [2.24, 2.45) is 0 Å². The van der Waals surface area contributed by atoms with Crippen molar-refractivity contribution in [2.75, 3.05) is 4.90 Å². The van der Waals surface area contributed by atoms with Crippen LogP contribution in [0.1, 0.15) is 23.6 Å². The van der Waals surface area contributed by atoms with Gasteiger partial charge in [-0.3, -0.25) is 9.69 Å². The molecule has 2 aromatic carbocycles. The lowest BCUT2D eigenvalue weighted by molar-refractivity contribution is -0.144. The zero-order valence-electron chi connectivity index (χ0n) is 15.6. The normalized spacial score (nSPS) is 16.5. The second kappa shape index (κ2) is 8.16. The molecule has 0 aliphatic carbocycles. The number of thioether (sulfide) groups is 1. The molecule has 1 aliphatic rings. The summed E-state index contributed by atoms with van der Waals surface area (Å²) in [6, 6.07) is 12.8. The van der Waals surface area contributed by atoms with Gasteiger partial charge in [0.1, 0.15) is 5.75 Å². The number of anilines is 1. The number of benzene rings is 2. The minimum atomic E-state index is -1.03. The number of aryl methyl sites for hydroxylation is 2. The van der Waals surface area contributed by atoms with Crippen molar-refractivity contribution in [1.82, 2.24) is 0 Å². The van der Waals surface area contributed by atoms with Crippen LogP contribution < -0.4 is 9.64 Å². The first-order valence-corrected chi connectivity index (χ1v) is 9.83. The van der Waals surface area contributed by atoms with Gasteiger partial charge >= 0.3 is 5.97 Å². The van der Waals surface area contributed by atoms with Crippen LogP contribution in [0.15, 0.2) is 47.4 Å². The van der Waals surface area contributed by atoms with Gasteiger partial charge < -0.3 is 9.84 Å². The number of amides is 1. The molecule has 1 amide bonds. The summed E-state index contributed by atoms with van der Waals surface area (Å²) in [5, 5.41) is 8.90. The Kier molecular flexibility index (Phi) is 5.86. The third-order valence-electron chi connectivity index (χ3n) is 4.23. The number of carboxylic acid groups (broad SMARTS) is 1. The van der Waals surface area contributed by atoms with Crippen LogP contribution in [0.4, 0.5) is 5.69 Å². The molecule has 28 heavy (non-hydrogen) atoms. The van der Waals surface area contributed by atoms with Crippen LogP contribution in [0.3, 0.4) is 0 Å². The van der Waals surface area contributed by atoms with E-state index in [0.717, 1.165) is 22.4 Å². The molecule has 1 N–H and O–H groups in total. The molecule has 144 valence electrons. The average Bonchev–Trinajstić information content (AvgIpc) is 2.90. The fourth-order valence-electron chi connectivity index (χ4n) is 2.78. The minimum Gasteiger partial charge on any atom is -0.479 e. The lowest BCUT2D eigenvalue weighted by atomic mass is 10.1. The van der Waals surface area contributed by atoms with Crippen molar-refractivity contribution in [3.8, 4) is 5.75 Å². The Hall–Kier alpha value is -2.64. The highest BCUT2D eigenvalue weighted by atomic mass is 32.2. The standard InChI is InChI=1S/C21H19NO4S2/c1-12-4-9-17(13(2)10-12)22-19(23)18(28-21(22)27)11-15-5-7-16(8-6-15)26-14(3)20(24)25/h4-11,14H,1-3H3,(H,24,25)/b18-11+. The highest BCUT2D eigenvalue weighted by Crippen LogP contribution is 2.37. The molecule has 1 unspecified atom stereocenters. The summed E-state index contributed by atoms with van der Waals surface area (Å²) in [5.74, 6) is -0.726. The molecule has 1 aliphatic heterocycles. The molecule has 1 fully saturated rings. The predicted octanol–water partition coefficient (Wildman–Crippen LogP) is 4.56. The van der Waals surface area contributed by atoms with Gasteiger partial charge in [-0.05, 0) is 56.2 Å². The Bertz CT molecular complexity index is 982.